The van der Waals surface area contributed by atoms with E-state index < -0.39 is 0 Å². The second kappa shape index (κ2) is 14.7. The fraction of sp³-hybridized carbons (Fsp3) is 0.0357. The molecule has 3 nitrogen and oxygen atoms in total. The highest BCUT2D eigenvalue weighted by molar-refractivity contribution is 6.11. The van der Waals surface area contributed by atoms with Gasteiger partial charge in [-0.1, -0.05) is 188 Å². The number of hydrogen-bond donors (Lipinski definition) is 0. The van der Waals surface area contributed by atoms with Crippen LogP contribution in [0, 0.1) is 0 Å². The van der Waals surface area contributed by atoms with Crippen molar-refractivity contribution in [2.24, 2.45) is 0 Å². The van der Waals surface area contributed by atoms with E-state index in [-0.39, 0.29) is 0 Å². The van der Waals surface area contributed by atoms with Crippen molar-refractivity contribution in [3.05, 3.63) is 218 Å². The molecule has 0 saturated carbocycles. The van der Waals surface area contributed by atoms with Gasteiger partial charge in [0, 0.05) is 33.2 Å². The lowest BCUT2D eigenvalue weighted by Crippen LogP contribution is -2.01. The third kappa shape index (κ3) is 6.34. The molecule has 0 N–H and O–H groups in total. The van der Waals surface area contributed by atoms with Crippen molar-refractivity contribution in [3.63, 3.8) is 0 Å². The first-order valence-corrected chi connectivity index (χ1v) is 20.4. The Morgan fingerprint density at radius 3 is 1.68 bits per heavy atom. The molecule has 11 rings (SSSR count). The van der Waals surface area contributed by atoms with Crippen LogP contribution < -0.4 is 0 Å². The van der Waals surface area contributed by atoms with Crippen molar-refractivity contribution in [3.8, 4) is 56.2 Å². The lowest BCUT2D eigenvalue weighted by molar-refractivity contribution is 0.983. The van der Waals surface area contributed by atoms with E-state index >= 15 is 0 Å². The van der Waals surface area contributed by atoms with Gasteiger partial charge in [0.1, 0.15) is 0 Å². The van der Waals surface area contributed by atoms with Crippen molar-refractivity contribution >= 4 is 43.8 Å². The molecule has 0 unspecified atom stereocenters. The molecule has 0 bridgehead atoms. The summed E-state index contributed by atoms with van der Waals surface area (Å²) in [5.41, 5.74) is 16.1. The van der Waals surface area contributed by atoms with E-state index in [0.29, 0.717) is 5.82 Å². The quantitative estimate of drug-likeness (QED) is 0.162. The van der Waals surface area contributed by atoms with E-state index in [1.165, 1.54) is 66.3 Å². The van der Waals surface area contributed by atoms with E-state index in [2.05, 4.69) is 193 Å². The topological polar surface area (TPSA) is 30.7 Å². The van der Waals surface area contributed by atoms with Crippen LogP contribution in [0.5, 0.6) is 0 Å². The molecule has 59 heavy (non-hydrogen) atoms. The fourth-order valence-corrected chi connectivity index (χ4v) is 8.83. The van der Waals surface area contributed by atoms with Gasteiger partial charge in [-0.15, -0.1) is 0 Å². The van der Waals surface area contributed by atoms with Gasteiger partial charge in [0.15, 0.2) is 5.82 Å². The van der Waals surface area contributed by atoms with E-state index in [1.807, 2.05) is 24.3 Å². The van der Waals surface area contributed by atoms with Gasteiger partial charge in [-0.25, -0.2) is 9.97 Å². The van der Waals surface area contributed by atoms with E-state index in [9.17, 15) is 0 Å². The predicted molar refractivity (Wildman–Crippen MR) is 248 cm³/mol. The first-order valence-electron chi connectivity index (χ1n) is 20.4. The first kappa shape index (κ1) is 34.6. The molecule has 278 valence electrons. The summed E-state index contributed by atoms with van der Waals surface area (Å²) in [7, 11) is 0. The zero-order valence-electron chi connectivity index (χ0n) is 32.5. The minimum atomic E-state index is 0.716. The Morgan fingerprint density at radius 1 is 0.373 bits per heavy atom. The van der Waals surface area contributed by atoms with Crippen LogP contribution in [0.15, 0.2) is 212 Å². The van der Waals surface area contributed by atoms with Crippen molar-refractivity contribution < 1.29 is 0 Å². The lowest BCUT2D eigenvalue weighted by atomic mass is 9.92. The van der Waals surface area contributed by atoms with Crippen LogP contribution in [-0.4, -0.2) is 14.5 Å². The number of fused-ring (bicyclic) bond motifs is 4. The standard InChI is InChI=1S/C56H39N3/c1-4-15-38(16-5-1)43-21-14-22-45(35-43)59-54-26-13-12-25-50(54)51-32-31-44(36-55(51)59)39-27-29-40(30-28-39)46-33-34-49(48-24-11-10-23-47(46)48)53-37-52(41-17-6-2-7-18-41)57-56(58-53)42-19-8-3-9-20-42/h1-13,15-21,23-37H,14,22H2. The summed E-state index contributed by atoms with van der Waals surface area (Å²) >= 11 is 0. The second-order valence-corrected chi connectivity index (χ2v) is 15.3. The normalized spacial score (nSPS) is 12.8. The number of nitrogens with zero attached hydrogens (tertiary/aromatic N) is 3. The van der Waals surface area contributed by atoms with Crippen LogP contribution in [0.1, 0.15) is 18.4 Å². The van der Waals surface area contributed by atoms with Crippen molar-refractivity contribution in [2.45, 2.75) is 12.8 Å². The summed E-state index contributed by atoms with van der Waals surface area (Å²) < 4.78 is 2.50. The molecule has 0 saturated heterocycles. The molecule has 0 amide bonds. The molecule has 0 spiro atoms. The Bertz CT molecular complexity index is 3170. The highest BCUT2D eigenvalue weighted by Gasteiger charge is 2.18. The zero-order valence-corrected chi connectivity index (χ0v) is 32.5. The fourth-order valence-electron chi connectivity index (χ4n) is 8.83. The number of hydrogen-bond acceptors (Lipinski definition) is 2. The Labute approximate surface area is 343 Å². The summed E-state index contributed by atoms with van der Waals surface area (Å²) in [4.78, 5) is 10.2. The third-order valence-electron chi connectivity index (χ3n) is 11.7. The number of rotatable bonds is 7. The molecule has 2 aromatic heterocycles. The molecule has 1 aliphatic rings. The predicted octanol–water partition coefficient (Wildman–Crippen LogP) is 14.8. The van der Waals surface area contributed by atoms with Gasteiger partial charge in [0.05, 0.1) is 22.4 Å². The van der Waals surface area contributed by atoms with Gasteiger partial charge in [0.2, 0.25) is 0 Å². The Balaban J connectivity index is 0.977. The average molecular weight is 754 g/mol. The summed E-state index contributed by atoms with van der Waals surface area (Å²) in [6.07, 6.45) is 6.77. The maximum atomic E-state index is 5.17. The third-order valence-corrected chi connectivity index (χ3v) is 11.7. The lowest BCUT2D eigenvalue weighted by Gasteiger charge is -2.18. The van der Waals surface area contributed by atoms with E-state index in [1.54, 1.807) is 0 Å². The largest absolute Gasteiger partial charge is 0.313 e. The highest BCUT2D eigenvalue weighted by Crippen LogP contribution is 2.40. The SMILES string of the molecule is C1=C(c2ccccc2)C=C(n2c3ccccc3c3ccc(-c4ccc(-c5ccc(-c6cc(-c7ccccc7)nc(-c7ccccc7)n6)c6ccccc56)cc4)cc32)CC1. The summed E-state index contributed by atoms with van der Waals surface area (Å²) in [6.45, 7) is 0. The smallest absolute Gasteiger partial charge is 0.160 e. The molecule has 2 heterocycles. The second-order valence-electron chi connectivity index (χ2n) is 15.3. The van der Waals surface area contributed by atoms with Gasteiger partial charge < -0.3 is 4.57 Å². The number of allylic oxidation sites excluding steroid dienone is 4. The molecular weight excluding hydrogens is 715 g/mol. The van der Waals surface area contributed by atoms with Crippen molar-refractivity contribution in [2.75, 3.05) is 0 Å². The number of para-hydroxylation sites is 1. The van der Waals surface area contributed by atoms with Crippen LogP contribution in [0.4, 0.5) is 0 Å². The van der Waals surface area contributed by atoms with E-state index in [4.69, 9.17) is 9.97 Å². The Kier molecular flexibility index (Phi) is 8.63. The van der Waals surface area contributed by atoms with Gasteiger partial charge in [-0.05, 0) is 81.3 Å². The van der Waals surface area contributed by atoms with Crippen LogP contribution in [-0.2, 0) is 0 Å². The van der Waals surface area contributed by atoms with Crippen LogP contribution in [0.2, 0.25) is 0 Å². The van der Waals surface area contributed by atoms with Crippen molar-refractivity contribution in [1.82, 2.24) is 14.5 Å². The Hall–Kier alpha value is -7.62. The molecule has 0 fully saturated rings. The maximum Gasteiger partial charge on any atom is 0.160 e. The van der Waals surface area contributed by atoms with Crippen LogP contribution in [0.3, 0.4) is 0 Å². The Morgan fingerprint density at radius 2 is 0.932 bits per heavy atom. The molecule has 0 atom stereocenters. The molecule has 1 aliphatic carbocycles. The number of benzene rings is 8. The summed E-state index contributed by atoms with van der Waals surface area (Å²) in [5, 5.41) is 4.91. The van der Waals surface area contributed by atoms with Gasteiger partial charge in [0.25, 0.3) is 0 Å². The first-order chi connectivity index (χ1) is 29.2. The van der Waals surface area contributed by atoms with Crippen molar-refractivity contribution in [1.29, 1.82) is 0 Å². The van der Waals surface area contributed by atoms with Gasteiger partial charge in [-0.2, -0.15) is 0 Å². The molecular formula is C56H39N3. The maximum absolute atomic E-state index is 5.17. The molecule has 3 heteroatoms. The molecule has 0 radical (unpaired) electrons. The molecule has 8 aromatic carbocycles. The summed E-state index contributed by atoms with van der Waals surface area (Å²) in [5.74, 6) is 0.716. The van der Waals surface area contributed by atoms with E-state index in [0.717, 1.165) is 46.3 Å². The molecule has 10 aromatic rings. The van der Waals surface area contributed by atoms with Crippen LogP contribution >= 0.6 is 0 Å². The van der Waals surface area contributed by atoms with Gasteiger partial charge >= 0.3 is 0 Å². The van der Waals surface area contributed by atoms with Gasteiger partial charge in [-0.3, -0.25) is 0 Å². The minimum absolute atomic E-state index is 0.716. The molecule has 0 aliphatic heterocycles. The highest BCUT2D eigenvalue weighted by atomic mass is 15.0. The number of aromatic nitrogens is 3. The monoisotopic (exact) mass is 753 g/mol. The summed E-state index contributed by atoms with van der Waals surface area (Å²) in [6, 6.07) is 71.5. The average Bonchev–Trinajstić information content (AvgIpc) is 3.66. The minimum Gasteiger partial charge on any atom is -0.313 e. The van der Waals surface area contributed by atoms with Crippen LogP contribution in [0.25, 0.3) is 100 Å². The zero-order chi connectivity index (χ0) is 39.1.